The highest BCUT2D eigenvalue weighted by molar-refractivity contribution is 8.26. The molecule has 3 aromatic rings. The van der Waals surface area contributed by atoms with E-state index in [9.17, 15) is 24.8 Å². The molecule has 0 atom stereocenters. The molecule has 0 unspecified atom stereocenters. The summed E-state index contributed by atoms with van der Waals surface area (Å²) in [5.41, 5.74) is 2.03. The van der Waals surface area contributed by atoms with Crippen LogP contribution in [0, 0.1) is 25.2 Å². The lowest BCUT2D eigenvalue weighted by Crippen LogP contribution is -2.30. The Hall–Kier alpha value is -4.00. The fourth-order valence-corrected chi connectivity index (χ4v) is 5.54. The number of nitrogens with zero attached hydrogens (tertiary/aromatic N) is 3. The maximum Gasteiger partial charge on any atom is 0.271 e. The van der Waals surface area contributed by atoms with Crippen molar-refractivity contribution in [1.82, 2.24) is 9.47 Å². The average Bonchev–Trinajstić information content (AvgIpc) is 3.16. The number of carbonyl (C=O) groups excluding carboxylic acids is 2. The van der Waals surface area contributed by atoms with Gasteiger partial charge in [-0.05, 0) is 43.0 Å². The van der Waals surface area contributed by atoms with Crippen LogP contribution in [0.2, 0.25) is 0 Å². The molecule has 1 aromatic heterocycles. The van der Waals surface area contributed by atoms with Crippen molar-refractivity contribution in [2.75, 3.05) is 6.54 Å². The van der Waals surface area contributed by atoms with Gasteiger partial charge in [0.15, 0.2) is 5.78 Å². The van der Waals surface area contributed by atoms with E-state index in [1.807, 2.05) is 43.3 Å². The summed E-state index contributed by atoms with van der Waals surface area (Å²) in [6, 6.07) is 18.7. The van der Waals surface area contributed by atoms with Gasteiger partial charge >= 0.3 is 0 Å². The summed E-state index contributed by atoms with van der Waals surface area (Å²) in [7, 11) is 0. The van der Waals surface area contributed by atoms with Gasteiger partial charge in [0, 0.05) is 13.0 Å². The quantitative estimate of drug-likeness (QED) is 0.243. The number of rotatable bonds is 8. The molecule has 0 aliphatic carbocycles. The van der Waals surface area contributed by atoms with Crippen molar-refractivity contribution in [3.63, 3.8) is 0 Å². The summed E-state index contributed by atoms with van der Waals surface area (Å²) in [5.74, 6) is -1.10. The van der Waals surface area contributed by atoms with Crippen LogP contribution in [-0.4, -0.2) is 37.1 Å². The number of pyridine rings is 1. The van der Waals surface area contributed by atoms with Crippen LogP contribution in [0.15, 0.2) is 64.3 Å². The summed E-state index contributed by atoms with van der Waals surface area (Å²) in [6.07, 6.45) is 2.09. The number of aromatic nitrogens is 1. The zero-order chi connectivity index (χ0) is 27.4. The first-order valence-electron chi connectivity index (χ1n) is 12.0. The van der Waals surface area contributed by atoms with Gasteiger partial charge in [-0.3, -0.25) is 23.9 Å². The zero-order valence-corrected chi connectivity index (χ0v) is 22.6. The average molecular weight is 544 g/mol. The van der Waals surface area contributed by atoms with Crippen LogP contribution in [-0.2, 0) is 11.3 Å². The minimum atomic E-state index is -0.652. The first kappa shape index (κ1) is 27.0. The summed E-state index contributed by atoms with van der Waals surface area (Å²) < 4.78 is 1.47. The van der Waals surface area contributed by atoms with Gasteiger partial charge in [-0.15, -0.1) is 0 Å². The van der Waals surface area contributed by atoms with Gasteiger partial charge in [-0.25, -0.2) is 0 Å². The second-order valence-corrected chi connectivity index (χ2v) is 10.6. The lowest BCUT2D eigenvalue weighted by molar-refractivity contribution is -0.122. The number of thiocarbonyl (C=S) groups is 1. The van der Waals surface area contributed by atoms with Gasteiger partial charge in [0.05, 0.1) is 17.0 Å². The Morgan fingerprint density at radius 3 is 2.45 bits per heavy atom. The van der Waals surface area contributed by atoms with Crippen LogP contribution in [0.25, 0.3) is 6.08 Å². The summed E-state index contributed by atoms with van der Waals surface area (Å²) in [6.45, 7) is 3.73. The Morgan fingerprint density at radius 1 is 1.11 bits per heavy atom. The molecule has 4 rings (SSSR count). The number of amides is 1. The molecule has 1 aliphatic heterocycles. The molecule has 9 heteroatoms. The number of hydrogen-bond donors (Lipinski definition) is 1. The second-order valence-electron chi connectivity index (χ2n) is 8.96. The smallest absolute Gasteiger partial charge is 0.271 e. The Bertz CT molecular complexity index is 1550. The summed E-state index contributed by atoms with van der Waals surface area (Å²) in [5, 5.41) is 20.5. The third-order valence-corrected chi connectivity index (χ3v) is 7.67. The first-order chi connectivity index (χ1) is 18.2. The second kappa shape index (κ2) is 11.6. The number of Topliss-reactive ketones (excluding diaryl/α,β-unsaturated/α-hetero) is 1. The van der Waals surface area contributed by atoms with Crippen LogP contribution >= 0.6 is 24.0 Å². The van der Waals surface area contributed by atoms with E-state index in [4.69, 9.17) is 12.2 Å². The van der Waals surface area contributed by atoms with Crippen molar-refractivity contribution >= 4 is 46.1 Å². The number of aryl methyl sites for hydroxylation is 1. The Morgan fingerprint density at radius 2 is 1.79 bits per heavy atom. The minimum Gasteiger partial charge on any atom is -0.494 e. The molecule has 38 heavy (non-hydrogen) atoms. The Balaban J connectivity index is 1.50. The van der Waals surface area contributed by atoms with E-state index < -0.39 is 17.2 Å². The van der Waals surface area contributed by atoms with Gasteiger partial charge in [-0.1, -0.05) is 84.1 Å². The van der Waals surface area contributed by atoms with Crippen molar-refractivity contribution in [1.29, 1.82) is 5.26 Å². The van der Waals surface area contributed by atoms with E-state index in [1.165, 1.54) is 23.6 Å². The molecule has 192 valence electrons. The fourth-order valence-electron chi connectivity index (χ4n) is 4.23. The van der Waals surface area contributed by atoms with E-state index in [0.717, 1.165) is 21.3 Å². The van der Waals surface area contributed by atoms with Crippen LogP contribution in [0.1, 0.15) is 51.0 Å². The highest BCUT2D eigenvalue weighted by Gasteiger charge is 2.32. The lowest BCUT2D eigenvalue weighted by Gasteiger charge is -2.17. The van der Waals surface area contributed by atoms with Crippen LogP contribution in [0.4, 0.5) is 0 Å². The number of aromatic hydroxyl groups is 1. The molecular formula is C29H25N3O4S2. The first-order valence-corrected chi connectivity index (χ1v) is 13.2. The molecular weight excluding hydrogens is 518 g/mol. The highest BCUT2D eigenvalue weighted by atomic mass is 32.2. The molecule has 1 N–H and O–H groups in total. The Labute approximate surface area is 230 Å². The number of ketones is 1. The lowest BCUT2D eigenvalue weighted by atomic mass is 9.99. The summed E-state index contributed by atoms with van der Waals surface area (Å²) in [4.78, 5) is 41.0. The van der Waals surface area contributed by atoms with E-state index >= 15 is 0 Å². The SMILES string of the molecule is Cc1ccc(/C=C2\SC(=S)N(CCCC(=O)c3c(C)c(C#N)c(=O)n(Cc4ccccc4)c3O)C2=O)cc1. The van der Waals surface area contributed by atoms with Crippen molar-refractivity contribution in [3.8, 4) is 11.9 Å². The molecule has 0 saturated carbocycles. The summed E-state index contributed by atoms with van der Waals surface area (Å²) >= 11 is 6.62. The molecule has 7 nitrogen and oxygen atoms in total. The third-order valence-electron chi connectivity index (χ3n) is 6.30. The van der Waals surface area contributed by atoms with Crippen LogP contribution in [0.3, 0.4) is 0 Å². The standard InChI is InChI=1S/C29H25N3O4S2/c1-18-10-12-20(13-11-18)15-24-27(35)31(29(37)38-24)14-6-9-23(33)25-19(2)22(16-30)26(34)32(28(25)36)17-21-7-4-3-5-8-21/h3-5,7-8,10-13,15,36H,6,9,14,17H2,1-2H3/b24-15-. The number of thioether (sulfide) groups is 1. The van der Waals surface area contributed by atoms with E-state index in [2.05, 4.69) is 0 Å². The predicted octanol–water partition coefficient (Wildman–Crippen LogP) is 4.96. The van der Waals surface area contributed by atoms with E-state index in [0.29, 0.717) is 15.6 Å². The maximum atomic E-state index is 13.2. The van der Waals surface area contributed by atoms with Crippen molar-refractivity contribution in [2.24, 2.45) is 0 Å². The topological polar surface area (TPSA) is 103 Å². The number of hydrogen-bond acceptors (Lipinski definition) is 7. The van der Waals surface area contributed by atoms with Crippen LogP contribution < -0.4 is 5.56 Å². The van der Waals surface area contributed by atoms with Gasteiger partial charge in [0.25, 0.3) is 11.5 Å². The molecule has 0 bridgehead atoms. The number of benzene rings is 2. The molecule has 1 fully saturated rings. The normalized spacial score (nSPS) is 14.2. The number of nitriles is 1. The molecule has 1 aliphatic rings. The maximum absolute atomic E-state index is 13.2. The van der Waals surface area contributed by atoms with Gasteiger partial charge < -0.3 is 5.11 Å². The van der Waals surface area contributed by atoms with Crippen molar-refractivity contribution in [3.05, 3.63) is 103 Å². The number of carbonyl (C=O) groups is 2. The van der Waals surface area contributed by atoms with E-state index in [1.54, 1.807) is 30.3 Å². The van der Waals surface area contributed by atoms with Gasteiger partial charge in [-0.2, -0.15) is 5.26 Å². The third kappa shape index (κ3) is 5.62. The highest BCUT2D eigenvalue weighted by Crippen LogP contribution is 2.33. The molecule has 0 spiro atoms. The van der Waals surface area contributed by atoms with E-state index in [-0.39, 0.29) is 42.1 Å². The molecule has 2 heterocycles. The van der Waals surface area contributed by atoms with Gasteiger partial charge in [0.2, 0.25) is 5.88 Å². The van der Waals surface area contributed by atoms with Crippen molar-refractivity contribution in [2.45, 2.75) is 33.2 Å². The van der Waals surface area contributed by atoms with Crippen molar-refractivity contribution < 1.29 is 14.7 Å². The molecule has 2 aromatic carbocycles. The van der Waals surface area contributed by atoms with Crippen LogP contribution in [0.5, 0.6) is 5.88 Å². The minimum absolute atomic E-state index is 0.00310. The predicted molar refractivity (Wildman–Crippen MR) is 152 cm³/mol. The van der Waals surface area contributed by atoms with Gasteiger partial charge in [0.1, 0.15) is 16.0 Å². The molecule has 1 amide bonds. The zero-order valence-electron chi connectivity index (χ0n) is 20.9. The molecule has 0 radical (unpaired) electrons. The Kier molecular flexibility index (Phi) is 8.25. The monoisotopic (exact) mass is 543 g/mol. The largest absolute Gasteiger partial charge is 0.494 e. The fraction of sp³-hybridized carbons (Fsp3) is 0.207. The molecule has 1 saturated heterocycles.